The van der Waals surface area contributed by atoms with Crippen LogP contribution in [0.5, 0.6) is 0 Å². The van der Waals surface area contributed by atoms with Crippen molar-refractivity contribution in [3.63, 3.8) is 0 Å². The van der Waals surface area contributed by atoms with E-state index in [4.69, 9.17) is 0 Å². The summed E-state index contributed by atoms with van der Waals surface area (Å²) in [5, 5.41) is 2.96. The molecule has 0 unspecified atom stereocenters. The maximum Gasteiger partial charge on any atom is 0.247 e. The fourth-order valence-electron chi connectivity index (χ4n) is 2.86. The quantitative estimate of drug-likeness (QED) is 0.782. The van der Waals surface area contributed by atoms with Crippen molar-refractivity contribution in [3.05, 3.63) is 71.8 Å². The predicted octanol–water partition coefficient (Wildman–Crippen LogP) is 3.94. The third-order valence-corrected chi connectivity index (χ3v) is 4.20. The van der Waals surface area contributed by atoms with Crippen LogP contribution < -0.4 is 5.32 Å². The lowest BCUT2D eigenvalue weighted by Crippen LogP contribution is -2.45. The first-order valence-electron chi connectivity index (χ1n) is 9.21. The van der Waals surface area contributed by atoms with Crippen molar-refractivity contribution in [2.45, 2.75) is 39.8 Å². The van der Waals surface area contributed by atoms with Crippen LogP contribution in [0, 0.1) is 5.92 Å². The van der Waals surface area contributed by atoms with Crippen LogP contribution in [0.2, 0.25) is 0 Å². The average molecular weight is 352 g/mol. The molecule has 0 spiro atoms. The van der Waals surface area contributed by atoms with Crippen LogP contribution in [0.4, 0.5) is 0 Å². The minimum atomic E-state index is -0.641. The smallest absolute Gasteiger partial charge is 0.247 e. The van der Waals surface area contributed by atoms with Gasteiger partial charge in [-0.25, -0.2) is 0 Å². The molecule has 0 saturated heterocycles. The van der Waals surface area contributed by atoms with Crippen molar-refractivity contribution < 1.29 is 9.59 Å². The first kappa shape index (κ1) is 19.7. The van der Waals surface area contributed by atoms with E-state index in [0.717, 1.165) is 17.5 Å². The molecule has 26 heavy (non-hydrogen) atoms. The first-order valence-corrected chi connectivity index (χ1v) is 9.21. The summed E-state index contributed by atoms with van der Waals surface area (Å²) in [6, 6.07) is 18.7. The molecule has 0 aliphatic carbocycles. The zero-order valence-corrected chi connectivity index (χ0v) is 15.8. The van der Waals surface area contributed by atoms with Crippen LogP contribution >= 0.6 is 0 Å². The Balaban J connectivity index is 2.42. The molecule has 0 bridgehead atoms. The Morgan fingerprint density at radius 3 is 2.08 bits per heavy atom. The number of hydrogen-bond acceptors (Lipinski definition) is 2. The van der Waals surface area contributed by atoms with Crippen LogP contribution in [-0.2, 0) is 16.1 Å². The first-order chi connectivity index (χ1) is 12.5. The summed E-state index contributed by atoms with van der Waals surface area (Å²) < 4.78 is 0. The molecular formula is C22H28N2O2. The number of nitrogens with zero attached hydrogens (tertiary/aromatic N) is 1. The second-order valence-corrected chi connectivity index (χ2v) is 6.71. The lowest BCUT2D eigenvalue weighted by atomic mass is 10.0. The van der Waals surface area contributed by atoms with Gasteiger partial charge in [0.15, 0.2) is 0 Å². The van der Waals surface area contributed by atoms with Gasteiger partial charge in [-0.05, 0) is 17.5 Å². The summed E-state index contributed by atoms with van der Waals surface area (Å²) in [7, 11) is 0. The van der Waals surface area contributed by atoms with Crippen molar-refractivity contribution in [1.29, 1.82) is 0 Å². The number of rotatable bonds is 8. The van der Waals surface area contributed by atoms with Gasteiger partial charge in [0.2, 0.25) is 11.8 Å². The summed E-state index contributed by atoms with van der Waals surface area (Å²) >= 11 is 0. The van der Waals surface area contributed by atoms with Gasteiger partial charge in [0.25, 0.3) is 0 Å². The molecule has 2 amide bonds. The molecule has 0 aliphatic rings. The van der Waals surface area contributed by atoms with Crippen LogP contribution in [0.25, 0.3) is 0 Å². The van der Waals surface area contributed by atoms with Crippen LogP contribution in [0.3, 0.4) is 0 Å². The number of benzene rings is 2. The molecule has 2 aromatic carbocycles. The zero-order valence-electron chi connectivity index (χ0n) is 15.8. The number of carbonyl (C=O) groups is 2. The Labute approximate surface area is 156 Å². The molecule has 1 atom stereocenters. The van der Waals surface area contributed by atoms with E-state index in [1.54, 1.807) is 4.90 Å². The maximum atomic E-state index is 13.0. The molecule has 4 heteroatoms. The summed E-state index contributed by atoms with van der Waals surface area (Å²) in [5.41, 5.74) is 1.83. The average Bonchev–Trinajstić information content (AvgIpc) is 2.66. The van der Waals surface area contributed by atoms with Crippen molar-refractivity contribution in [2.75, 3.05) is 6.54 Å². The maximum absolute atomic E-state index is 13.0. The van der Waals surface area contributed by atoms with E-state index in [-0.39, 0.29) is 17.7 Å². The normalized spacial score (nSPS) is 11.8. The van der Waals surface area contributed by atoms with Crippen molar-refractivity contribution in [2.24, 2.45) is 5.92 Å². The second-order valence-electron chi connectivity index (χ2n) is 6.71. The van der Waals surface area contributed by atoms with Crippen LogP contribution in [0.15, 0.2) is 60.7 Å². The van der Waals surface area contributed by atoms with Gasteiger partial charge in [-0.15, -0.1) is 0 Å². The van der Waals surface area contributed by atoms with Crippen molar-refractivity contribution >= 4 is 11.8 Å². The monoisotopic (exact) mass is 352 g/mol. The fourth-order valence-corrected chi connectivity index (χ4v) is 2.86. The highest BCUT2D eigenvalue weighted by atomic mass is 16.2. The molecule has 0 radical (unpaired) electrons. The Kier molecular flexibility index (Phi) is 7.39. The molecule has 1 N–H and O–H groups in total. The van der Waals surface area contributed by atoms with Gasteiger partial charge in [0.05, 0.1) is 0 Å². The summed E-state index contributed by atoms with van der Waals surface area (Å²) in [5.74, 6) is -0.360. The van der Waals surface area contributed by atoms with Gasteiger partial charge in [-0.3, -0.25) is 9.59 Å². The molecule has 4 nitrogen and oxygen atoms in total. The Morgan fingerprint density at radius 2 is 1.54 bits per heavy atom. The van der Waals surface area contributed by atoms with E-state index in [9.17, 15) is 9.59 Å². The van der Waals surface area contributed by atoms with Crippen molar-refractivity contribution in [3.8, 4) is 0 Å². The highest BCUT2D eigenvalue weighted by Crippen LogP contribution is 2.25. The van der Waals surface area contributed by atoms with Gasteiger partial charge < -0.3 is 10.2 Å². The zero-order chi connectivity index (χ0) is 18.9. The number of hydrogen-bond donors (Lipinski definition) is 1. The second kappa shape index (κ2) is 9.76. The molecule has 0 fully saturated rings. The molecule has 2 rings (SSSR count). The Hall–Kier alpha value is -2.62. The molecule has 0 aliphatic heterocycles. The van der Waals surface area contributed by atoms with Gasteiger partial charge in [0, 0.05) is 19.0 Å². The van der Waals surface area contributed by atoms with Gasteiger partial charge >= 0.3 is 0 Å². The van der Waals surface area contributed by atoms with Crippen LogP contribution in [0.1, 0.15) is 44.4 Å². The topological polar surface area (TPSA) is 49.4 Å². The summed E-state index contributed by atoms with van der Waals surface area (Å²) in [6.45, 7) is 6.74. The standard InChI is InChI=1S/C22H28N2O2/c1-4-15-23-21(25)20(19-13-9-6-10-14-19)24(22(26)17(2)3)16-18-11-7-5-8-12-18/h5-14,17,20H,4,15-16H2,1-3H3,(H,23,25)/t20-/m0/s1. The van der Waals surface area contributed by atoms with Crippen LogP contribution in [-0.4, -0.2) is 23.3 Å². The van der Waals surface area contributed by atoms with E-state index >= 15 is 0 Å². The molecule has 138 valence electrons. The lowest BCUT2D eigenvalue weighted by Gasteiger charge is -2.33. The molecule has 0 saturated carbocycles. The molecule has 0 heterocycles. The highest BCUT2D eigenvalue weighted by molar-refractivity contribution is 5.89. The van der Waals surface area contributed by atoms with E-state index < -0.39 is 6.04 Å². The van der Waals surface area contributed by atoms with E-state index in [2.05, 4.69) is 5.32 Å². The third-order valence-electron chi connectivity index (χ3n) is 4.20. The highest BCUT2D eigenvalue weighted by Gasteiger charge is 2.32. The molecular weight excluding hydrogens is 324 g/mol. The number of nitrogens with one attached hydrogen (secondary N) is 1. The third kappa shape index (κ3) is 5.19. The van der Waals surface area contributed by atoms with Gasteiger partial charge in [-0.2, -0.15) is 0 Å². The SMILES string of the molecule is CCCNC(=O)[C@H](c1ccccc1)N(Cc1ccccc1)C(=O)C(C)C. The molecule has 0 aromatic heterocycles. The summed E-state index contributed by atoms with van der Waals surface area (Å²) in [4.78, 5) is 27.6. The van der Waals surface area contributed by atoms with E-state index in [1.807, 2.05) is 81.4 Å². The largest absolute Gasteiger partial charge is 0.354 e. The van der Waals surface area contributed by atoms with E-state index in [0.29, 0.717) is 13.1 Å². The number of amides is 2. The van der Waals surface area contributed by atoms with E-state index in [1.165, 1.54) is 0 Å². The fraction of sp³-hybridized carbons (Fsp3) is 0.364. The lowest BCUT2D eigenvalue weighted by molar-refractivity contribution is -0.144. The summed E-state index contributed by atoms with van der Waals surface area (Å²) in [6.07, 6.45) is 0.851. The number of carbonyl (C=O) groups excluding carboxylic acids is 2. The minimum absolute atomic E-state index is 0.0330. The Morgan fingerprint density at radius 1 is 0.962 bits per heavy atom. The van der Waals surface area contributed by atoms with Gasteiger partial charge in [0.1, 0.15) is 6.04 Å². The molecule has 2 aromatic rings. The van der Waals surface area contributed by atoms with Crippen molar-refractivity contribution in [1.82, 2.24) is 10.2 Å². The van der Waals surface area contributed by atoms with Gasteiger partial charge in [-0.1, -0.05) is 81.4 Å². The minimum Gasteiger partial charge on any atom is -0.354 e. The predicted molar refractivity (Wildman–Crippen MR) is 104 cm³/mol. The Bertz CT molecular complexity index is 699.